The highest BCUT2D eigenvalue weighted by molar-refractivity contribution is 7.89. The maximum atomic E-state index is 14.5. The standard InChI is InChI=1S/C21H18F2N2O3S/c1-25(14-15-5-3-2-4-6-15)29(27,28)18-11-12-20(19(23)13-18)24-21(26)16-7-9-17(22)10-8-16/h2-13H,14H2,1H3,(H,24,26). The van der Waals surface area contributed by atoms with Gasteiger partial charge in [-0.3, -0.25) is 4.79 Å². The van der Waals surface area contributed by atoms with E-state index in [1.807, 2.05) is 6.07 Å². The lowest BCUT2D eigenvalue weighted by atomic mass is 10.2. The summed E-state index contributed by atoms with van der Waals surface area (Å²) in [6.45, 7) is 0.133. The fourth-order valence-electron chi connectivity index (χ4n) is 2.66. The SMILES string of the molecule is CN(Cc1ccccc1)S(=O)(=O)c1ccc(NC(=O)c2ccc(F)cc2)c(F)c1. The smallest absolute Gasteiger partial charge is 0.255 e. The molecule has 0 spiro atoms. The minimum Gasteiger partial charge on any atom is -0.319 e. The first-order valence-electron chi connectivity index (χ1n) is 8.64. The van der Waals surface area contributed by atoms with E-state index in [-0.39, 0.29) is 22.7 Å². The van der Waals surface area contributed by atoms with Crippen molar-refractivity contribution in [3.8, 4) is 0 Å². The third-order valence-corrected chi connectivity index (χ3v) is 6.05. The zero-order valence-electron chi connectivity index (χ0n) is 15.5. The van der Waals surface area contributed by atoms with E-state index >= 15 is 0 Å². The van der Waals surface area contributed by atoms with Crippen molar-refractivity contribution in [2.75, 3.05) is 12.4 Å². The number of carbonyl (C=O) groups is 1. The molecule has 0 fully saturated rings. The summed E-state index contributed by atoms with van der Waals surface area (Å²) in [7, 11) is -2.52. The van der Waals surface area contributed by atoms with Gasteiger partial charge in [-0.25, -0.2) is 17.2 Å². The number of benzene rings is 3. The number of hydrogen-bond acceptors (Lipinski definition) is 3. The molecule has 0 heterocycles. The molecule has 0 radical (unpaired) electrons. The van der Waals surface area contributed by atoms with Crippen LogP contribution in [0.5, 0.6) is 0 Å². The van der Waals surface area contributed by atoms with Crippen molar-refractivity contribution in [1.29, 1.82) is 0 Å². The van der Waals surface area contributed by atoms with Crippen molar-refractivity contribution >= 4 is 21.6 Å². The zero-order chi connectivity index (χ0) is 21.0. The maximum absolute atomic E-state index is 14.5. The van der Waals surface area contributed by atoms with E-state index in [0.717, 1.165) is 28.1 Å². The van der Waals surface area contributed by atoms with Crippen LogP contribution in [0.25, 0.3) is 0 Å². The lowest BCUT2D eigenvalue weighted by molar-refractivity contribution is 0.102. The first-order chi connectivity index (χ1) is 13.8. The second-order valence-electron chi connectivity index (χ2n) is 6.35. The van der Waals surface area contributed by atoms with Gasteiger partial charge in [-0.1, -0.05) is 30.3 Å². The molecule has 150 valence electrons. The van der Waals surface area contributed by atoms with Crippen LogP contribution in [0.15, 0.2) is 77.7 Å². The Morgan fingerprint density at radius 3 is 2.24 bits per heavy atom. The average Bonchev–Trinajstić information content (AvgIpc) is 2.70. The first kappa shape index (κ1) is 20.6. The highest BCUT2D eigenvalue weighted by Crippen LogP contribution is 2.23. The number of sulfonamides is 1. The molecule has 1 N–H and O–H groups in total. The highest BCUT2D eigenvalue weighted by Gasteiger charge is 2.22. The molecule has 1 amide bonds. The number of carbonyl (C=O) groups excluding carboxylic acids is 1. The third-order valence-electron chi connectivity index (χ3n) is 4.25. The van der Waals surface area contributed by atoms with E-state index < -0.39 is 27.6 Å². The van der Waals surface area contributed by atoms with Crippen molar-refractivity contribution in [3.63, 3.8) is 0 Å². The van der Waals surface area contributed by atoms with Crippen LogP contribution in [-0.2, 0) is 16.6 Å². The Balaban J connectivity index is 1.77. The van der Waals surface area contributed by atoms with E-state index in [2.05, 4.69) is 5.32 Å². The van der Waals surface area contributed by atoms with Gasteiger partial charge < -0.3 is 5.32 Å². The van der Waals surface area contributed by atoms with Gasteiger partial charge >= 0.3 is 0 Å². The predicted molar refractivity (Wildman–Crippen MR) is 106 cm³/mol. The summed E-state index contributed by atoms with van der Waals surface area (Å²) in [6, 6.07) is 17.0. The van der Waals surface area contributed by atoms with Crippen LogP contribution in [-0.4, -0.2) is 25.7 Å². The molecule has 0 aromatic heterocycles. The Labute approximate surface area is 167 Å². The van der Waals surface area contributed by atoms with E-state index in [9.17, 15) is 22.0 Å². The lowest BCUT2D eigenvalue weighted by Gasteiger charge is -2.18. The number of nitrogens with zero attached hydrogens (tertiary/aromatic N) is 1. The van der Waals surface area contributed by atoms with Gasteiger partial charge in [-0.2, -0.15) is 4.31 Å². The van der Waals surface area contributed by atoms with Gasteiger partial charge in [0.2, 0.25) is 10.0 Å². The molecular weight excluding hydrogens is 398 g/mol. The number of rotatable bonds is 6. The fourth-order valence-corrected chi connectivity index (χ4v) is 3.83. The molecule has 0 saturated heterocycles. The summed E-state index contributed by atoms with van der Waals surface area (Å²) in [4.78, 5) is 11.9. The normalized spacial score (nSPS) is 11.4. The molecule has 0 aliphatic rings. The van der Waals surface area contributed by atoms with Crippen molar-refractivity contribution in [3.05, 3.63) is 95.6 Å². The summed E-state index contributed by atoms with van der Waals surface area (Å²) < 4.78 is 53.9. The van der Waals surface area contributed by atoms with E-state index in [0.29, 0.717) is 0 Å². The Bertz CT molecular complexity index is 1120. The van der Waals surface area contributed by atoms with Crippen LogP contribution in [0.1, 0.15) is 15.9 Å². The van der Waals surface area contributed by atoms with Crippen molar-refractivity contribution in [1.82, 2.24) is 4.31 Å². The summed E-state index contributed by atoms with van der Waals surface area (Å²) in [6.07, 6.45) is 0. The zero-order valence-corrected chi connectivity index (χ0v) is 16.3. The first-order valence-corrected chi connectivity index (χ1v) is 10.1. The van der Waals surface area contributed by atoms with Crippen LogP contribution >= 0.6 is 0 Å². The number of halogens is 2. The molecule has 0 unspecified atom stereocenters. The van der Waals surface area contributed by atoms with Crippen molar-refractivity contribution in [2.24, 2.45) is 0 Å². The molecule has 29 heavy (non-hydrogen) atoms. The van der Waals surface area contributed by atoms with Gasteiger partial charge in [0.1, 0.15) is 11.6 Å². The molecule has 3 rings (SSSR count). The quantitative estimate of drug-likeness (QED) is 0.660. The minimum absolute atomic E-state index is 0.133. The summed E-state index contributed by atoms with van der Waals surface area (Å²) in [5.41, 5.74) is 0.760. The summed E-state index contributed by atoms with van der Waals surface area (Å²) in [5.74, 6) is -2.03. The maximum Gasteiger partial charge on any atom is 0.255 e. The van der Waals surface area contributed by atoms with Gasteiger partial charge in [-0.05, 0) is 48.0 Å². The molecule has 5 nitrogen and oxygen atoms in total. The van der Waals surface area contributed by atoms with E-state index in [1.165, 1.54) is 31.3 Å². The number of nitrogens with one attached hydrogen (secondary N) is 1. The highest BCUT2D eigenvalue weighted by atomic mass is 32.2. The van der Waals surface area contributed by atoms with Crippen molar-refractivity contribution < 1.29 is 22.0 Å². The van der Waals surface area contributed by atoms with Gasteiger partial charge in [0.25, 0.3) is 5.91 Å². The van der Waals surface area contributed by atoms with E-state index in [1.54, 1.807) is 24.3 Å². The van der Waals surface area contributed by atoms with Gasteiger partial charge in [-0.15, -0.1) is 0 Å². The van der Waals surface area contributed by atoms with Crippen LogP contribution in [0.2, 0.25) is 0 Å². The Kier molecular flexibility index (Phi) is 6.05. The van der Waals surface area contributed by atoms with Gasteiger partial charge in [0.15, 0.2) is 0 Å². The predicted octanol–water partition coefficient (Wildman–Crippen LogP) is 4.04. The second kappa shape index (κ2) is 8.50. The Morgan fingerprint density at radius 2 is 1.62 bits per heavy atom. The topological polar surface area (TPSA) is 66.5 Å². The molecule has 0 aliphatic carbocycles. The van der Waals surface area contributed by atoms with Crippen LogP contribution in [0, 0.1) is 11.6 Å². The number of amides is 1. The monoisotopic (exact) mass is 416 g/mol. The largest absolute Gasteiger partial charge is 0.319 e. The number of hydrogen-bond donors (Lipinski definition) is 1. The molecule has 0 aliphatic heterocycles. The average molecular weight is 416 g/mol. The lowest BCUT2D eigenvalue weighted by Crippen LogP contribution is -2.26. The molecule has 0 atom stereocenters. The third kappa shape index (κ3) is 4.85. The molecule has 0 bridgehead atoms. The van der Waals surface area contributed by atoms with Gasteiger partial charge in [0, 0.05) is 19.2 Å². The molecule has 8 heteroatoms. The Morgan fingerprint density at radius 1 is 0.966 bits per heavy atom. The van der Waals surface area contributed by atoms with Crippen LogP contribution in [0.3, 0.4) is 0 Å². The Hall–Kier alpha value is -3.10. The molecular formula is C21H18F2N2O3S. The second-order valence-corrected chi connectivity index (χ2v) is 8.39. The molecule has 0 saturated carbocycles. The molecule has 3 aromatic carbocycles. The van der Waals surface area contributed by atoms with Gasteiger partial charge in [0.05, 0.1) is 10.6 Å². The number of anilines is 1. The fraction of sp³-hybridized carbons (Fsp3) is 0.0952. The molecule has 3 aromatic rings. The summed E-state index contributed by atoms with van der Waals surface area (Å²) in [5, 5.41) is 2.35. The van der Waals surface area contributed by atoms with Crippen LogP contribution in [0.4, 0.5) is 14.5 Å². The van der Waals surface area contributed by atoms with Crippen molar-refractivity contribution in [2.45, 2.75) is 11.4 Å². The summed E-state index contributed by atoms with van der Waals surface area (Å²) >= 11 is 0. The minimum atomic E-state index is -3.92. The van der Waals surface area contributed by atoms with Crippen LogP contribution < -0.4 is 5.32 Å². The van der Waals surface area contributed by atoms with E-state index in [4.69, 9.17) is 0 Å².